The van der Waals surface area contributed by atoms with Crippen LogP contribution >= 0.6 is 0 Å². The second-order valence-electron chi connectivity index (χ2n) is 5.61. The van der Waals surface area contributed by atoms with Crippen LogP contribution in [0.25, 0.3) is 0 Å². The van der Waals surface area contributed by atoms with Gasteiger partial charge < -0.3 is 10.1 Å². The van der Waals surface area contributed by atoms with Crippen molar-refractivity contribution < 1.29 is 17.9 Å². The van der Waals surface area contributed by atoms with Crippen molar-refractivity contribution in [1.29, 1.82) is 0 Å². The molecule has 0 aromatic heterocycles. The summed E-state index contributed by atoms with van der Waals surface area (Å²) in [5.41, 5.74) is 0.206. The Labute approximate surface area is 125 Å². The number of hydrogen-bond donors (Lipinski definition) is 2. The van der Waals surface area contributed by atoms with Gasteiger partial charge in [0.15, 0.2) is 0 Å². The Morgan fingerprint density at radius 3 is 2.48 bits per heavy atom. The van der Waals surface area contributed by atoms with Gasteiger partial charge in [0.2, 0.25) is 10.0 Å². The summed E-state index contributed by atoms with van der Waals surface area (Å²) in [7, 11) is -2.61. The number of rotatable bonds is 6. The predicted molar refractivity (Wildman–Crippen MR) is 80.8 cm³/mol. The zero-order chi connectivity index (χ0) is 16.3. The number of primary sulfonamides is 1. The summed E-state index contributed by atoms with van der Waals surface area (Å²) >= 11 is 0. The van der Waals surface area contributed by atoms with E-state index in [-0.39, 0.29) is 27.5 Å². The quantitative estimate of drug-likeness (QED) is 0.831. The standard InChI is InChI=1S/C14H22N2O4S/c1-5-14(2,3)9-16-13(17)10-6-7-11(20-4)12(8-10)21(15,18)19/h6-8H,5,9H2,1-4H3,(H,16,17)(H2,15,18,19). The molecule has 0 saturated heterocycles. The van der Waals surface area contributed by atoms with Crippen molar-refractivity contribution in [3.05, 3.63) is 23.8 Å². The fourth-order valence-corrected chi connectivity index (χ4v) is 2.31. The van der Waals surface area contributed by atoms with Gasteiger partial charge in [0.1, 0.15) is 10.6 Å². The lowest BCUT2D eigenvalue weighted by molar-refractivity contribution is 0.0935. The lowest BCUT2D eigenvalue weighted by Crippen LogP contribution is -2.33. The van der Waals surface area contributed by atoms with E-state index in [0.29, 0.717) is 6.54 Å². The van der Waals surface area contributed by atoms with Crippen LogP contribution in [0.3, 0.4) is 0 Å². The van der Waals surface area contributed by atoms with Gasteiger partial charge in [-0.15, -0.1) is 0 Å². The van der Waals surface area contributed by atoms with Crippen molar-refractivity contribution in [2.75, 3.05) is 13.7 Å². The van der Waals surface area contributed by atoms with Crippen LogP contribution in [0.2, 0.25) is 0 Å². The molecule has 1 amide bonds. The van der Waals surface area contributed by atoms with Crippen molar-refractivity contribution >= 4 is 15.9 Å². The van der Waals surface area contributed by atoms with Crippen LogP contribution in [0.1, 0.15) is 37.6 Å². The SMILES string of the molecule is CCC(C)(C)CNC(=O)c1ccc(OC)c(S(N)(=O)=O)c1. The smallest absolute Gasteiger partial charge is 0.251 e. The number of carbonyl (C=O) groups excluding carboxylic acids is 1. The third-order valence-electron chi connectivity index (χ3n) is 3.42. The summed E-state index contributed by atoms with van der Waals surface area (Å²) in [6, 6.07) is 4.14. The van der Waals surface area contributed by atoms with E-state index in [1.165, 1.54) is 25.3 Å². The van der Waals surface area contributed by atoms with Crippen LogP contribution in [0.15, 0.2) is 23.1 Å². The first-order chi connectivity index (χ1) is 9.60. The van der Waals surface area contributed by atoms with Gasteiger partial charge in [-0.05, 0) is 30.0 Å². The summed E-state index contributed by atoms with van der Waals surface area (Å²) < 4.78 is 28.0. The summed E-state index contributed by atoms with van der Waals surface area (Å²) in [6.07, 6.45) is 0.915. The fraction of sp³-hybridized carbons (Fsp3) is 0.500. The first kappa shape index (κ1) is 17.5. The summed E-state index contributed by atoms with van der Waals surface area (Å²) in [5.74, 6) is -0.230. The maximum Gasteiger partial charge on any atom is 0.251 e. The number of methoxy groups -OCH3 is 1. The van der Waals surface area contributed by atoms with Crippen molar-refractivity contribution in [3.63, 3.8) is 0 Å². The largest absolute Gasteiger partial charge is 0.495 e. The minimum Gasteiger partial charge on any atom is -0.495 e. The highest BCUT2D eigenvalue weighted by atomic mass is 32.2. The van der Waals surface area contributed by atoms with Crippen molar-refractivity contribution in [3.8, 4) is 5.75 Å². The molecule has 0 heterocycles. The average molecular weight is 314 g/mol. The molecule has 1 aromatic rings. The van der Waals surface area contributed by atoms with Crippen LogP contribution in [-0.2, 0) is 10.0 Å². The van der Waals surface area contributed by atoms with Crippen LogP contribution in [-0.4, -0.2) is 28.0 Å². The number of benzene rings is 1. The molecule has 1 aromatic carbocycles. The van der Waals surface area contributed by atoms with E-state index >= 15 is 0 Å². The third-order valence-corrected chi connectivity index (χ3v) is 4.35. The fourth-order valence-electron chi connectivity index (χ4n) is 1.59. The first-order valence-electron chi connectivity index (χ1n) is 6.60. The van der Waals surface area contributed by atoms with Crippen LogP contribution < -0.4 is 15.2 Å². The van der Waals surface area contributed by atoms with Gasteiger partial charge in [-0.25, -0.2) is 13.6 Å². The molecular weight excluding hydrogens is 292 g/mol. The van der Waals surface area contributed by atoms with E-state index in [1.807, 2.05) is 20.8 Å². The van der Waals surface area contributed by atoms with Gasteiger partial charge in [0, 0.05) is 12.1 Å². The Hall–Kier alpha value is -1.60. The van der Waals surface area contributed by atoms with E-state index in [9.17, 15) is 13.2 Å². The van der Waals surface area contributed by atoms with E-state index in [1.54, 1.807) is 0 Å². The number of nitrogens with two attached hydrogens (primary N) is 1. The average Bonchev–Trinajstić information content (AvgIpc) is 2.43. The van der Waals surface area contributed by atoms with Gasteiger partial charge in [-0.2, -0.15) is 0 Å². The number of amides is 1. The molecule has 0 fully saturated rings. The molecular formula is C14H22N2O4S. The Balaban J connectivity index is 3.02. The van der Waals surface area contributed by atoms with E-state index in [2.05, 4.69) is 5.32 Å². The molecule has 3 N–H and O–H groups in total. The minimum atomic E-state index is -3.95. The molecule has 1 rings (SSSR count). The maximum atomic E-state index is 12.1. The molecule has 118 valence electrons. The molecule has 0 spiro atoms. The predicted octanol–water partition coefficient (Wildman–Crippen LogP) is 1.51. The highest BCUT2D eigenvalue weighted by Crippen LogP contribution is 2.24. The van der Waals surface area contributed by atoms with Gasteiger partial charge in [0.25, 0.3) is 5.91 Å². The lowest BCUT2D eigenvalue weighted by atomic mass is 9.90. The third kappa shape index (κ3) is 4.71. The van der Waals surface area contributed by atoms with Gasteiger partial charge in [-0.1, -0.05) is 20.8 Å². The van der Waals surface area contributed by atoms with Gasteiger partial charge >= 0.3 is 0 Å². The first-order valence-corrected chi connectivity index (χ1v) is 8.14. The summed E-state index contributed by atoms with van der Waals surface area (Å²) in [5, 5.41) is 7.92. The zero-order valence-corrected chi connectivity index (χ0v) is 13.6. The van der Waals surface area contributed by atoms with E-state index in [4.69, 9.17) is 9.88 Å². The normalized spacial score (nSPS) is 12.0. The molecule has 0 aliphatic rings. The molecule has 21 heavy (non-hydrogen) atoms. The van der Waals surface area contributed by atoms with Crippen LogP contribution in [0, 0.1) is 5.41 Å². The van der Waals surface area contributed by atoms with E-state index < -0.39 is 10.0 Å². The Bertz CT molecular complexity index is 624. The van der Waals surface area contributed by atoms with Gasteiger partial charge in [-0.3, -0.25) is 4.79 Å². The molecule has 6 nitrogen and oxygen atoms in total. The second-order valence-corrected chi connectivity index (χ2v) is 7.14. The number of ether oxygens (including phenoxy) is 1. The number of sulfonamides is 1. The van der Waals surface area contributed by atoms with E-state index in [0.717, 1.165) is 6.42 Å². The van der Waals surface area contributed by atoms with Crippen molar-refractivity contribution in [2.45, 2.75) is 32.1 Å². The van der Waals surface area contributed by atoms with Crippen LogP contribution in [0.4, 0.5) is 0 Å². The highest BCUT2D eigenvalue weighted by Gasteiger charge is 2.20. The Morgan fingerprint density at radius 2 is 2.00 bits per heavy atom. The van der Waals surface area contributed by atoms with Crippen molar-refractivity contribution in [2.24, 2.45) is 10.6 Å². The zero-order valence-electron chi connectivity index (χ0n) is 12.8. The topological polar surface area (TPSA) is 98.5 Å². The molecule has 0 atom stereocenters. The molecule has 0 saturated carbocycles. The molecule has 0 radical (unpaired) electrons. The summed E-state index contributed by atoms with van der Waals surface area (Å²) in [6.45, 7) is 6.62. The lowest BCUT2D eigenvalue weighted by Gasteiger charge is -2.22. The minimum absolute atomic E-state index is 0.0229. The Kier molecular flexibility index (Phi) is 5.36. The maximum absolute atomic E-state index is 12.1. The molecule has 0 aliphatic carbocycles. The van der Waals surface area contributed by atoms with Crippen LogP contribution in [0.5, 0.6) is 5.75 Å². The molecule has 0 aliphatic heterocycles. The number of carbonyl (C=O) groups is 1. The molecule has 7 heteroatoms. The molecule has 0 unspecified atom stereocenters. The van der Waals surface area contributed by atoms with Crippen molar-refractivity contribution in [1.82, 2.24) is 5.32 Å². The second kappa shape index (κ2) is 6.44. The van der Waals surface area contributed by atoms with Gasteiger partial charge in [0.05, 0.1) is 7.11 Å². The molecule has 0 bridgehead atoms. The highest BCUT2D eigenvalue weighted by molar-refractivity contribution is 7.89. The monoisotopic (exact) mass is 314 g/mol. The number of nitrogens with one attached hydrogen (secondary N) is 1. The number of hydrogen-bond acceptors (Lipinski definition) is 4. The Morgan fingerprint density at radius 1 is 1.38 bits per heavy atom. The summed E-state index contributed by atoms with van der Waals surface area (Å²) in [4.78, 5) is 11.9.